The molecule has 1 aliphatic rings. The van der Waals surface area contributed by atoms with Crippen LogP contribution in [0.25, 0.3) is 0 Å². The third kappa shape index (κ3) is 3.20. The van der Waals surface area contributed by atoms with Gasteiger partial charge in [-0.1, -0.05) is 25.9 Å². The topological polar surface area (TPSA) is 122 Å². The van der Waals surface area contributed by atoms with Crippen LogP contribution in [0.1, 0.15) is 33.6 Å². The van der Waals surface area contributed by atoms with Crippen molar-refractivity contribution in [3.05, 3.63) is 0 Å². The summed E-state index contributed by atoms with van der Waals surface area (Å²) in [5, 5.41) is 11.9. The van der Waals surface area contributed by atoms with Crippen LogP contribution in [-0.4, -0.2) is 40.8 Å². The first kappa shape index (κ1) is 16.3. The minimum absolute atomic E-state index is 0.0844. The predicted octanol–water partition coefficient (Wildman–Crippen LogP) is 0.119. The molecule has 0 radical (unpaired) electrons. The molecule has 0 aromatic carbocycles. The smallest absolute Gasteiger partial charge is 0.237 e. The second-order valence-electron chi connectivity index (χ2n) is 6.13. The summed E-state index contributed by atoms with van der Waals surface area (Å²) in [6, 6.07) is 0. The number of carbonyl (C=O) groups excluding carboxylic acids is 2. The van der Waals surface area contributed by atoms with E-state index in [9.17, 15) is 9.59 Å². The highest BCUT2D eigenvalue weighted by Gasteiger charge is 2.53. The van der Waals surface area contributed by atoms with Gasteiger partial charge in [0.2, 0.25) is 11.8 Å². The van der Waals surface area contributed by atoms with Crippen LogP contribution in [0.4, 0.5) is 0 Å². The average molecular weight is 284 g/mol. The molecule has 20 heavy (non-hydrogen) atoms. The summed E-state index contributed by atoms with van der Waals surface area (Å²) in [4.78, 5) is 25.3. The number of nitrogens with zero attached hydrogens (tertiary/aromatic N) is 2. The summed E-state index contributed by atoms with van der Waals surface area (Å²) in [6.07, 6.45) is 1.05. The molecular formula is C13H24N4O3. The lowest BCUT2D eigenvalue weighted by atomic mass is 9.61. The van der Waals surface area contributed by atoms with Crippen LogP contribution in [0.2, 0.25) is 0 Å². The van der Waals surface area contributed by atoms with E-state index in [0.29, 0.717) is 25.3 Å². The van der Waals surface area contributed by atoms with Crippen LogP contribution >= 0.6 is 0 Å². The van der Waals surface area contributed by atoms with Crippen molar-refractivity contribution < 1.29 is 14.8 Å². The normalized spacial score (nSPS) is 26.2. The third-order valence-corrected chi connectivity index (χ3v) is 3.62. The fourth-order valence-corrected chi connectivity index (χ4v) is 2.87. The van der Waals surface area contributed by atoms with Crippen LogP contribution < -0.4 is 11.5 Å². The fraction of sp³-hybridized carbons (Fsp3) is 0.769. The van der Waals surface area contributed by atoms with Crippen LogP contribution in [-0.2, 0) is 9.59 Å². The highest BCUT2D eigenvalue weighted by Crippen LogP contribution is 2.47. The molecule has 7 heteroatoms. The van der Waals surface area contributed by atoms with Gasteiger partial charge in [-0.3, -0.25) is 9.59 Å². The summed E-state index contributed by atoms with van der Waals surface area (Å²) in [6.45, 7) is 6.15. The van der Waals surface area contributed by atoms with Crippen LogP contribution in [0.3, 0.4) is 0 Å². The van der Waals surface area contributed by atoms with E-state index in [1.54, 1.807) is 0 Å². The van der Waals surface area contributed by atoms with Gasteiger partial charge in [-0.2, -0.15) is 0 Å². The molecule has 1 rings (SSSR count). The fourth-order valence-electron chi connectivity index (χ4n) is 2.87. The van der Waals surface area contributed by atoms with E-state index >= 15 is 0 Å². The van der Waals surface area contributed by atoms with Crippen LogP contribution in [0.15, 0.2) is 5.16 Å². The van der Waals surface area contributed by atoms with Crippen molar-refractivity contribution in [2.75, 3.05) is 13.1 Å². The van der Waals surface area contributed by atoms with Gasteiger partial charge in [0.1, 0.15) is 5.41 Å². The first-order valence-corrected chi connectivity index (χ1v) is 6.78. The average Bonchev–Trinajstić information content (AvgIpc) is 2.30. The number of hydrogen-bond acceptors (Lipinski definition) is 4. The second kappa shape index (κ2) is 6.11. The quantitative estimate of drug-likeness (QED) is 0.277. The van der Waals surface area contributed by atoms with E-state index in [4.69, 9.17) is 16.7 Å². The zero-order valence-electron chi connectivity index (χ0n) is 12.3. The number of amidine groups is 1. The highest BCUT2D eigenvalue weighted by molar-refractivity contribution is 6.08. The maximum atomic E-state index is 12.7. The summed E-state index contributed by atoms with van der Waals surface area (Å²) < 4.78 is 0. The van der Waals surface area contributed by atoms with E-state index in [-0.39, 0.29) is 24.2 Å². The number of rotatable bonds is 6. The molecule has 0 spiro atoms. The summed E-state index contributed by atoms with van der Waals surface area (Å²) in [5.41, 5.74) is 9.93. The molecule has 0 saturated heterocycles. The van der Waals surface area contributed by atoms with Crippen LogP contribution in [0.5, 0.6) is 0 Å². The Bertz CT molecular complexity index is 414. The van der Waals surface area contributed by atoms with Crippen molar-refractivity contribution in [2.24, 2.45) is 33.9 Å². The Morgan fingerprint density at radius 2 is 1.95 bits per heavy atom. The zero-order chi connectivity index (χ0) is 15.5. The third-order valence-electron chi connectivity index (χ3n) is 3.62. The minimum Gasteiger partial charge on any atom is -0.409 e. The Kier molecular flexibility index (Phi) is 4.97. The Morgan fingerprint density at radius 3 is 2.30 bits per heavy atom. The van der Waals surface area contributed by atoms with E-state index in [1.165, 1.54) is 4.90 Å². The molecule has 1 fully saturated rings. The number of amides is 2. The van der Waals surface area contributed by atoms with Gasteiger partial charge in [0, 0.05) is 6.54 Å². The molecule has 0 aromatic heterocycles. The number of carbonyl (C=O) groups is 2. The molecule has 0 heterocycles. The largest absolute Gasteiger partial charge is 0.409 e. The van der Waals surface area contributed by atoms with Crippen molar-refractivity contribution in [3.8, 4) is 0 Å². The Hall–Kier alpha value is -1.79. The Labute approximate surface area is 119 Å². The van der Waals surface area contributed by atoms with Gasteiger partial charge in [-0.25, -0.2) is 0 Å². The van der Waals surface area contributed by atoms with Gasteiger partial charge in [-0.15, -0.1) is 0 Å². The van der Waals surface area contributed by atoms with Gasteiger partial charge >= 0.3 is 0 Å². The van der Waals surface area contributed by atoms with Gasteiger partial charge in [0.15, 0.2) is 5.84 Å². The van der Waals surface area contributed by atoms with E-state index in [1.807, 2.05) is 20.8 Å². The van der Waals surface area contributed by atoms with Crippen molar-refractivity contribution in [2.45, 2.75) is 33.6 Å². The summed E-state index contributed by atoms with van der Waals surface area (Å²) in [5.74, 6) is -0.410. The van der Waals surface area contributed by atoms with Gasteiger partial charge in [-0.05, 0) is 24.7 Å². The monoisotopic (exact) mass is 284 g/mol. The highest BCUT2D eigenvalue weighted by atomic mass is 16.4. The molecule has 2 amide bonds. The molecule has 0 atom stereocenters. The Balaban J connectivity index is 2.99. The zero-order valence-corrected chi connectivity index (χ0v) is 12.3. The molecule has 7 nitrogen and oxygen atoms in total. The lowest BCUT2D eigenvalue weighted by Gasteiger charge is -2.46. The SMILES string of the molecule is CC(C)CN(CC(N)=O)C(=O)C1(C(N)=NO)CC(C)C1. The number of primary amides is 1. The van der Waals surface area contributed by atoms with Crippen molar-refractivity contribution >= 4 is 17.6 Å². The van der Waals surface area contributed by atoms with E-state index in [2.05, 4.69) is 5.16 Å². The van der Waals surface area contributed by atoms with E-state index in [0.717, 1.165) is 0 Å². The summed E-state index contributed by atoms with van der Waals surface area (Å²) in [7, 11) is 0. The molecule has 0 aromatic rings. The maximum Gasteiger partial charge on any atom is 0.237 e. The molecule has 114 valence electrons. The molecule has 1 saturated carbocycles. The van der Waals surface area contributed by atoms with Crippen molar-refractivity contribution in [3.63, 3.8) is 0 Å². The molecule has 1 aliphatic carbocycles. The van der Waals surface area contributed by atoms with Crippen LogP contribution in [0, 0.1) is 17.3 Å². The Morgan fingerprint density at radius 1 is 1.40 bits per heavy atom. The molecular weight excluding hydrogens is 260 g/mol. The maximum absolute atomic E-state index is 12.7. The molecule has 0 bridgehead atoms. The first-order valence-electron chi connectivity index (χ1n) is 6.78. The second-order valence-corrected chi connectivity index (χ2v) is 6.13. The van der Waals surface area contributed by atoms with E-state index < -0.39 is 11.3 Å². The van der Waals surface area contributed by atoms with Gasteiger partial charge in [0.05, 0.1) is 6.54 Å². The molecule has 0 aliphatic heterocycles. The lowest BCUT2D eigenvalue weighted by molar-refractivity contribution is -0.147. The predicted molar refractivity (Wildman–Crippen MR) is 74.9 cm³/mol. The lowest BCUT2D eigenvalue weighted by Crippen LogP contribution is -2.59. The minimum atomic E-state index is -0.988. The number of nitrogens with two attached hydrogens (primary N) is 2. The van der Waals surface area contributed by atoms with Crippen molar-refractivity contribution in [1.29, 1.82) is 0 Å². The van der Waals surface area contributed by atoms with Gasteiger partial charge < -0.3 is 21.6 Å². The standard InChI is InChI=1S/C13H24N4O3/c1-8(2)6-17(7-10(14)18)12(19)13(11(15)16-20)4-9(3)5-13/h8-9,20H,4-7H2,1-3H3,(H2,14,18)(H2,15,16). The summed E-state index contributed by atoms with van der Waals surface area (Å²) >= 11 is 0. The first-order chi connectivity index (χ1) is 9.22. The number of oxime groups is 1. The number of hydrogen-bond donors (Lipinski definition) is 3. The molecule has 5 N–H and O–H groups in total. The van der Waals surface area contributed by atoms with Gasteiger partial charge in [0.25, 0.3) is 0 Å². The van der Waals surface area contributed by atoms with Crippen molar-refractivity contribution in [1.82, 2.24) is 4.90 Å². The molecule has 0 unspecified atom stereocenters.